The van der Waals surface area contributed by atoms with Crippen LogP contribution in [-0.4, -0.2) is 50.7 Å². The third-order valence-electron chi connectivity index (χ3n) is 3.50. The summed E-state index contributed by atoms with van der Waals surface area (Å²) in [4.78, 5) is 13.7. The Labute approximate surface area is 98.3 Å². The molecule has 0 radical (unpaired) electrons. The Kier molecular flexibility index (Phi) is 5.77. The van der Waals surface area contributed by atoms with Crippen LogP contribution in [-0.2, 0) is 9.53 Å². The highest BCUT2D eigenvalue weighted by Gasteiger charge is 2.24. The Balaban J connectivity index is 2.40. The molecule has 1 atom stereocenters. The van der Waals surface area contributed by atoms with Gasteiger partial charge >= 0.3 is 5.97 Å². The molecule has 0 aromatic carbocycles. The van der Waals surface area contributed by atoms with E-state index in [0.717, 1.165) is 6.54 Å². The van der Waals surface area contributed by atoms with E-state index in [2.05, 4.69) is 17.3 Å². The monoisotopic (exact) mass is 228 g/mol. The highest BCUT2D eigenvalue weighted by atomic mass is 16.5. The number of nitrogens with zero attached hydrogens (tertiary/aromatic N) is 1. The summed E-state index contributed by atoms with van der Waals surface area (Å²) in [6.45, 7) is 0.730. The van der Waals surface area contributed by atoms with Crippen molar-refractivity contribution in [2.75, 3.05) is 27.7 Å². The predicted octanol–water partition coefficient (Wildman–Crippen LogP) is 1.01. The van der Waals surface area contributed by atoms with Crippen LogP contribution in [0.15, 0.2) is 0 Å². The summed E-state index contributed by atoms with van der Waals surface area (Å²) >= 11 is 0. The number of carbonyl (C=O) groups is 1. The molecule has 0 aromatic heterocycles. The van der Waals surface area contributed by atoms with E-state index in [1.54, 1.807) is 7.05 Å². The first kappa shape index (κ1) is 13.5. The van der Waals surface area contributed by atoms with Gasteiger partial charge in [0.15, 0.2) is 0 Å². The second kappa shape index (κ2) is 6.86. The molecule has 0 aromatic rings. The Morgan fingerprint density at radius 2 is 2.06 bits per heavy atom. The number of rotatable bonds is 5. The second-order valence-corrected chi connectivity index (χ2v) is 4.60. The predicted molar refractivity (Wildman–Crippen MR) is 64.4 cm³/mol. The number of ether oxygens (including phenoxy) is 1. The van der Waals surface area contributed by atoms with Gasteiger partial charge in [-0.1, -0.05) is 19.3 Å². The zero-order chi connectivity index (χ0) is 12.0. The van der Waals surface area contributed by atoms with Gasteiger partial charge < -0.3 is 15.0 Å². The Morgan fingerprint density at radius 1 is 1.44 bits per heavy atom. The number of hydrogen-bond donors (Lipinski definition) is 1. The molecule has 1 saturated carbocycles. The Morgan fingerprint density at radius 3 is 2.56 bits per heavy atom. The standard InChI is InChI=1S/C12H24N2O2/c1-13-11(12(15)16-3)9-14(2)10-7-5-4-6-8-10/h10-11,13H,4-9H2,1-3H3. The highest BCUT2D eigenvalue weighted by molar-refractivity contribution is 5.75. The molecule has 1 rings (SSSR count). The molecule has 94 valence electrons. The number of esters is 1. The Hall–Kier alpha value is -0.610. The van der Waals surface area contributed by atoms with Crippen LogP contribution in [0.2, 0.25) is 0 Å². The SMILES string of the molecule is CNC(CN(C)C1CCCCC1)C(=O)OC. The van der Waals surface area contributed by atoms with E-state index < -0.39 is 0 Å². The van der Waals surface area contributed by atoms with E-state index in [-0.39, 0.29) is 12.0 Å². The van der Waals surface area contributed by atoms with Crippen molar-refractivity contribution in [1.29, 1.82) is 0 Å². The molecule has 1 aliphatic carbocycles. The lowest BCUT2D eigenvalue weighted by atomic mass is 9.94. The van der Waals surface area contributed by atoms with Crippen molar-refractivity contribution in [2.24, 2.45) is 0 Å². The first-order chi connectivity index (χ1) is 7.69. The van der Waals surface area contributed by atoms with E-state index in [1.807, 2.05) is 0 Å². The molecule has 0 saturated heterocycles. The minimum absolute atomic E-state index is 0.176. The molecule has 0 spiro atoms. The third kappa shape index (κ3) is 3.76. The van der Waals surface area contributed by atoms with Crippen LogP contribution in [0.25, 0.3) is 0 Å². The number of hydrogen-bond acceptors (Lipinski definition) is 4. The molecule has 0 aliphatic heterocycles. The maximum atomic E-state index is 11.4. The van der Waals surface area contributed by atoms with Gasteiger partial charge in [0.1, 0.15) is 6.04 Å². The zero-order valence-electron chi connectivity index (χ0n) is 10.7. The fraction of sp³-hybridized carbons (Fsp3) is 0.917. The summed E-state index contributed by atoms with van der Waals surface area (Å²) in [7, 11) is 5.34. The van der Waals surface area contributed by atoms with E-state index in [1.165, 1.54) is 39.2 Å². The topological polar surface area (TPSA) is 41.6 Å². The summed E-state index contributed by atoms with van der Waals surface area (Å²) < 4.78 is 4.76. The van der Waals surface area contributed by atoms with Crippen LogP contribution in [0.3, 0.4) is 0 Å². The molecular weight excluding hydrogens is 204 g/mol. The van der Waals surface area contributed by atoms with Crippen molar-refractivity contribution >= 4 is 5.97 Å². The lowest BCUT2D eigenvalue weighted by Crippen LogP contribution is -2.47. The Bertz CT molecular complexity index is 215. The average molecular weight is 228 g/mol. The van der Waals surface area contributed by atoms with Crippen molar-refractivity contribution in [2.45, 2.75) is 44.2 Å². The number of carbonyl (C=O) groups excluding carboxylic acids is 1. The lowest BCUT2D eigenvalue weighted by molar-refractivity contribution is -0.143. The fourth-order valence-electron chi connectivity index (χ4n) is 2.38. The molecule has 1 aliphatic rings. The largest absolute Gasteiger partial charge is 0.468 e. The number of nitrogens with one attached hydrogen (secondary N) is 1. The first-order valence-electron chi connectivity index (χ1n) is 6.14. The maximum Gasteiger partial charge on any atom is 0.324 e. The average Bonchev–Trinajstić information content (AvgIpc) is 2.35. The molecule has 0 heterocycles. The summed E-state index contributed by atoms with van der Waals surface area (Å²) in [5.74, 6) is -0.176. The van der Waals surface area contributed by atoms with Crippen molar-refractivity contribution < 1.29 is 9.53 Å². The maximum absolute atomic E-state index is 11.4. The van der Waals surface area contributed by atoms with Crippen molar-refractivity contribution in [3.8, 4) is 0 Å². The number of methoxy groups -OCH3 is 1. The van der Waals surface area contributed by atoms with Gasteiger partial charge in [-0.05, 0) is 26.9 Å². The molecule has 16 heavy (non-hydrogen) atoms. The summed E-state index contributed by atoms with van der Waals surface area (Å²) in [5.41, 5.74) is 0. The van der Waals surface area contributed by atoms with Crippen LogP contribution in [0.1, 0.15) is 32.1 Å². The lowest BCUT2D eigenvalue weighted by Gasteiger charge is -2.32. The van der Waals surface area contributed by atoms with Crippen molar-refractivity contribution in [1.82, 2.24) is 10.2 Å². The van der Waals surface area contributed by atoms with Gasteiger partial charge in [0, 0.05) is 12.6 Å². The van der Waals surface area contributed by atoms with E-state index in [4.69, 9.17) is 4.74 Å². The fourth-order valence-corrected chi connectivity index (χ4v) is 2.38. The number of likely N-dealkylation sites (N-methyl/N-ethyl adjacent to an activating group) is 2. The van der Waals surface area contributed by atoms with Crippen LogP contribution < -0.4 is 5.32 Å². The van der Waals surface area contributed by atoms with E-state index >= 15 is 0 Å². The van der Waals surface area contributed by atoms with Gasteiger partial charge in [-0.15, -0.1) is 0 Å². The summed E-state index contributed by atoms with van der Waals surface area (Å²) in [6.07, 6.45) is 6.51. The molecule has 4 heteroatoms. The van der Waals surface area contributed by atoms with Crippen LogP contribution in [0.5, 0.6) is 0 Å². The highest BCUT2D eigenvalue weighted by Crippen LogP contribution is 2.21. The summed E-state index contributed by atoms with van der Waals surface area (Å²) in [5, 5.41) is 3.01. The normalized spacial score (nSPS) is 19.8. The smallest absolute Gasteiger partial charge is 0.324 e. The van der Waals surface area contributed by atoms with Gasteiger partial charge in [-0.3, -0.25) is 4.79 Å². The van der Waals surface area contributed by atoms with Gasteiger partial charge in [-0.25, -0.2) is 0 Å². The quantitative estimate of drug-likeness (QED) is 0.713. The van der Waals surface area contributed by atoms with Crippen LogP contribution >= 0.6 is 0 Å². The summed E-state index contributed by atoms with van der Waals surface area (Å²) in [6, 6.07) is 0.422. The third-order valence-corrected chi connectivity index (χ3v) is 3.50. The molecule has 0 bridgehead atoms. The second-order valence-electron chi connectivity index (χ2n) is 4.60. The van der Waals surface area contributed by atoms with Crippen molar-refractivity contribution in [3.63, 3.8) is 0 Å². The van der Waals surface area contributed by atoms with E-state index in [9.17, 15) is 4.79 Å². The molecule has 1 unspecified atom stereocenters. The molecular formula is C12H24N2O2. The van der Waals surface area contributed by atoms with Gasteiger partial charge in [0.25, 0.3) is 0 Å². The minimum atomic E-state index is -0.211. The molecule has 1 fully saturated rings. The van der Waals surface area contributed by atoms with Gasteiger partial charge in [0.05, 0.1) is 7.11 Å². The minimum Gasteiger partial charge on any atom is -0.468 e. The first-order valence-corrected chi connectivity index (χ1v) is 6.14. The molecule has 4 nitrogen and oxygen atoms in total. The van der Waals surface area contributed by atoms with Crippen molar-refractivity contribution in [3.05, 3.63) is 0 Å². The molecule has 0 amide bonds. The zero-order valence-corrected chi connectivity index (χ0v) is 10.7. The van der Waals surface area contributed by atoms with Gasteiger partial charge in [0.2, 0.25) is 0 Å². The molecule has 1 N–H and O–H groups in total. The van der Waals surface area contributed by atoms with Crippen LogP contribution in [0.4, 0.5) is 0 Å². The van der Waals surface area contributed by atoms with Crippen LogP contribution in [0, 0.1) is 0 Å². The van der Waals surface area contributed by atoms with Gasteiger partial charge in [-0.2, -0.15) is 0 Å². The van der Waals surface area contributed by atoms with E-state index in [0.29, 0.717) is 6.04 Å².